The highest BCUT2D eigenvalue weighted by Gasteiger charge is 2.29. The molecule has 0 bridgehead atoms. The second-order valence-electron chi connectivity index (χ2n) is 5.06. The maximum absolute atomic E-state index is 5.86. The lowest BCUT2D eigenvalue weighted by atomic mass is 9.93. The predicted molar refractivity (Wildman–Crippen MR) is 74.8 cm³/mol. The van der Waals surface area contributed by atoms with E-state index in [1.165, 1.54) is 5.56 Å². The molecule has 0 radical (unpaired) electrons. The first-order chi connectivity index (χ1) is 8.53. The Hall–Kier alpha value is -0.870. The SMILES string of the molecule is CCNC(Cc1cnn(CC)c1)C(C)(C)OCC. The van der Waals surface area contributed by atoms with Gasteiger partial charge in [0.15, 0.2) is 0 Å². The molecule has 1 aromatic rings. The first kappa shape index (κ1) is 15.2. The minimum absolute atomic E-state index is 0.168. The van der Waals surface area contributed by atoms with Crippen LogP contribution in [0.5, 0.6) is 0 Å². The van der Waals surface area contributed by atoms with Crippen LogP contribution in [0.4, 0.5) is 0 Å². The molecule has 0 aromatic carbocycles. The molecule has 0 spiro atoms. The van der Waals surface area contributed by atoms with Crippen molar-refractivity contribution in [3.63, 3.8) is 0 Å². The number of rotatable bonds is 8. The van der Waals surface area contributed by atoms with Crippen LogP contribution in [0.15, 0.2) is 12.4 Å². The van der Waals surface area contributed by atoms with E-state index in [1.54, 1.807) is 0 Å². The fourth-order valence-corrected chi connectivity index (χ4v) is 2.20. The Bertz CT molecular complexity index is 347. The second kappa shape index (κ2) is 6.90. The Morgan fingerprint density at radius 1 is 1.39 bits per heavy atom. The van der Waals surface area contributed by atoms with E-state index in [1.807, 2.05) is 17.8 Å². The van der Waals surface area contributed by atoms with E-state index >= 15 is 0 Å². The van der Waals surface area contributed by atoms with E-state index in [2.05, 4.69) is 44.3 Å². The largest absolute Gasteiger partial charge is 0.374 e. The van der Waals surface area contributed by atoms with Gasteiger partial charge in [-0.3, -0.25) is 4.68 Å². The summed E-state index contributed by atoms with van der Waals surface area (Å²) in [5.74, 6) is 0. The van der Waals surface area contributed by atoms with Crippen molar-refractivity contribution in [3.05, 3.63) is 18.0 Å². The van der Waals surface area contributed by atoms with Crippen LogP contribution in [0.3, 0.4) is 0 Å². The number of aromatic nitrogens is 2. The van der Waals surface area contributed by atoms with Gasteiger partial charge in [-0.15, -0.1) is 0 Å². The van der Waals surface area contributed by atoms with Crippen molar-refractivity contribution in [2.45, 2.75) is 59.2 Å². The number of likely N-dealkylation sites (N-methyl/N-ethyl adjacent to an activating group) is 1. The minimum atomic E-state index is -0.168. The minimum Gasteiger partial charge on any atom is -0.374 e. The number of hydrogen-bond acceptors (Lipinski definition) is 3. The van der Waals surface area contributed by atoms with Gasteiger partial charge in [0.05, 0.1) is 11.8 Å². The first-order valence-corrected chi connectivity index (χ1v) is 6.92. The molecule has 1 atom stereocenters. The van der Waals surface area contributed by atoms with Crippen molar-refractivity contribution >= 4 is 0 Å². The van der Waals surface area contributed by atoms with Gasteiger partial charge < -0.3 is 10.1 Å². The molecular weight excluding hydrogens is 226 g/mol. The second-order valence-corrected chi connectivity index (χ2v) is 5.06. The summed E-state index contributed by atoms with van der Waals surface area (Å²) < 4.78 is 7.82. The molecule has 0 amide bonds. The summed E-state index contributed by atoms with van der Waals surface area (Å²) in [6, 6.07) is 0.303. The Morgan fingerprint density at radius 2 is 2.11 bits per heavy atom. The topological polar surface area (TPSA) is 39.1 Å². The summed E-state index contributed by atoms with van der Waals surface area (Å²) in [5.41, 5.74) is 1.09. The molecule has 4 heteroatoms. The molecule has 104 valence electrons. The zero-order chi connectivity index (χ0) is 13.6. The van der Waals surface area contributed by atoms with Crippen LogP contribution >= 0.6 is 0 Å². The molecule has 1 rings (SSSR count). The van der Waals surface area contributed by atoms with Gasteiger partial charge in [-0.1, -0.05) is 6.92 Å². The van der Waals surface area contributed by atoms with Gasteiger partial charge in [0.2, 0.25) is 0 Å². The van der Waals surface area contributed by atoms with E-state index < -0.39 is 0 Å². The van der Waals surface area contributed by atoms with Crippen LogP contribution in [0.2, 0.25) is 0 Å². The lowest BCUT2D eigenvalue weighted by molar-refractivity contribution is -0.0376. The normalized spacial score (nSPS) is 13.8. The average molecular weight is 253 g/mol. The fourth-order valence-electron chi connectivity index (χ4n) is 2.20. The molecule has 1 N–H and O–H groups in total. The number of aryl methyl sites for hydroxylation is 1. The number of hydrogen-bond donors (Lipinski definition) is 1. The van der Waals surface area contributed by atoms with Crippen molar-refractivity contribution in [2.24, 2.45) is 0 Å². The third-order valence-corrected chi connectivity index (χ3v) is 3.26. The molecule has 0 aliphatic carbocycles. The van der Waals surface area contributed by atoms with Gasteiger partial charge >= 0.3 is 0 Å². The van der Waals surface area contributed by atoms with Crippen molar-refractivity contribution < 1.29 is 4.74 Å². The molecular formula is C14H27N3O. The number of nitrogens with one attached hydrogen (secondary N) is 1. The molecule has 18 heavy (non-hydrogen) atoms. The zero-order valence-electron chi connectivity index (χ0n) is 12.4. The predicted octanol–water partition coefficient (Wildman–Crippen LogP) is 2.24. The Labute approximate surface area is 111 Å². The van der Waals surface area contributed by atoms with Crippen molar-refractivity contribution in [1.29, 1.82) is 0 Å². The maximum Gasteiger partial charge on any atom is 0.0781 e. The number of ether oxygens (including phenoxy) is 1. The maximum atomic E-state index is 5.86. The lowest BCUT2D eigenvalue weighted by Crippen LogP contribution is -2.50. The molecule has 0 aliphatic heterocycles. The summed E-state index contributed by atoms with van der Waals surface area (Å²) in [5, 5.41) is 7.85. The molecule has 1 unspecified atom stereocenters. The average Bonchev–Trinajstić information content (AvgIpc) is 2.76. The highest BCUT2D eigenvalue weighted by atomic mass is 16.5. The third kappa shape index (κ3) is 4.10. The molecule has 4 nitrogen and oxygen atoms in total. The summed E-state index contributed by atoms with van der Waals surface area (Å²) in [6.45, 7) is 13.2. The van der Waals surface area contributed by atoms with Crippen LogP contribution < -0.4 is 5.32 Å². The van der Waals surface area contributed by atoms with Gasteiger partial charge in [-0.05, 0) is 46.2 Å². The number of nitrogens with zero attached hydrogens (tertiary/aromatic N) is 2. The fraction of sp³-hybridized carbons (Fsp3) is 0.786. The van der Waals surface area contributed by atoms with Gasteiger partial charge in [0.25, 0.3) is 0 Å². The highest BCUT2D eigenvalue weighted by Crippen LogP contribution is 2.19. The standard InChI is InChI=1S/C14H27N3O/c1-6-15-13(14(4,5)18-8-3)9-12-10-16-17(7-2)11-12/h10-11,13,15H,6-9H2,1-5H3. The quantitative estimate of drug-likeness (QED) is 0.772. The van der Waals surface area contributed by atoms with Crippen LogP contribution in [-0.4, -0.2) is 34.6 Å². The van der Waals surface area contributed by atoms with E-state index in [-0.39, 0.29) is 5.60 Å². The van der Waals surface area contributed by atoms with Crippen LogP contribution in [0, 0.1) is 0 Å². The molecule has 0 fully saturated rings. The molecule has 1 heterocycles. The van der Waals surface area contributed by atoms with E-state index in [4.69, 9.17) is 4.74 Å². The van der Waals surface area contributed by atoms with Gasteiger partial charge in [-0.25, -0.2) is 0 Å². The molecule has 1 aromatic heterocycles. The van der Waals surface area contributed by atoms with Gasteiger partial charge in [0.1, 0.15) is 0 Å². The highest BCUT2D eigenvalue weighted by molar-refractivity contribution is 5.08. The Balaban J connectivity index is 2.73. The molecule has 0 saturated heterocycles. The van der Waals surface area contributed by atoms with Crippen LogP contribution in [0.1, 0.15) is 40.2 Å². The van der Waals surface area contributed by atoms with Crippen molar-refractivity contribution in [3.8, 4) is 0 Å². The van der Waals surface area contributed by atoms with E-state index in [9.17, 15) is 0 Å². The molecule has 0 aliphatic rings. The van der Waals surface area contributed by atoms with E-state index in [0.717, 1.165) is 26.1 Å². The zero-order valence-corrected chi connectivity index (χ0v) is 12.4. The molecule has 0 saturated carbocycles. The van der Waals surface area contributed by atoms with Gasteiger partial charge in [0, 0.05) is 25.4 Å². The Morgan fingerprint density at radius 3 is 2.61 bits per heavy atom. The third-order valence-electron chi connectivity index (χ3n) is 3.26. The van der Waals surface area contributed by atoms with Crippen LogP contribution in [0.25, 0.3) is 0 Å². The lowest BCUT2D eigenvalue weighted by Gasteiger charge is -2.34. The Kier molecular flexibility index (Phi) is 5.82. The smallest absolute Gasteiger partial charge is 0.0781 e. The van der Waals surface area contributed by atoms with E-state index in [0.29, 0.717) is 6.04 Å². The van der Waals surface area contributed by atoms with Gasteiger partial charge in [-0.2, -0.15) is 5.10 Å². The first-order valence-electron chi connectivity index (χ1n) is 6.92. The van der Waals surface area contributed by atoms with Crippen molar-refractivity contribution in [2.75, 3.05) is 13.2 Å². The summed E-state index contributed by atoms with van der Waals surface area (Å²) in [7, 11) is 0. The summed E-state index contributed by atoms with van der Waals surface area (Å²) >= 11 is 0. The van der Waals surface area contributed by atoms with Crippen molar-refractivity contribution in [1.82, 2.24) is 15.1 Å². The summed E-state index contributed by atoms with van der Waals surface area (Å²) in [4.78, 5) is 0. The monoisotopic (exact) mass is 253 g/mol. The summed E-state index contributed by atoms with van der Waals surface area (Å²) in [6.07, 6.45) is 5.02. The van der Waals surface area contributed by atoms with Crippen LogP contribution in [-0.2, 0) is 17.7 Å².